The van der Waals surface area contributed by atoms with Crippen molar-refractivity contribution in [1.29, 1.82) is 0 Å². The minimum Gasteiger partial charge on any atom is -0.348 e. The molecule has 1 heterocycles. The predicted molar refractivity (Wildman–Crippen MR) is 71.7 cm³/mol. The summed E-state index contributed by atoms with van der Waals surface area (Å²) in [6.45, 7) is 0.307. The molecule has 2 rings (SSSR count). The molecule has 0 aliphatic carbocycles. The molecule has 8 heteroatoms. The third kappa shape index (κ3) is 3.53. The van der Waals surface area contributed by atoms with Crippen molar-refractivity contribution in [1.82, 2.24) is 14.7 Å². The molecule has 0 saturated carbocycles. The summed E-state index contributed by atoms with van der Waals surface area (Å²) in [5.74, 6) is 5.22. The summed E-state index contributed by atoms with van der Waals surface area (Å²) in [6.07, 6.45) is 3.78. The van der Waals surface area contributed by atoms with Crippen molar-refractivity contribution >= 4 is 15.7 Å². The number of nitrogens with two attached hydrogens (primary N) is 1. The van der Waals surface area contributed by atoms with E-state index in [1.54, 1.807) is 24.7 Å². The van der Waals surface area contributed by atoms with Gasteiger partial charge in [0.25, 0.3) is 0 Å². The topological polar surface area (TPSA) is 113 Å². The summed E-state index contributed by atoms with van der Waals surface area (Å²) in [4.78, 5) is 6.98. The molecule has 1 aromatic heterocycles. The van der Waals surface area contributed by atoms with Crippen molar-refractivity contribution < 1.29 is 8.42 Å². The first-order chi connectivity index (χ1) is 9.12. The molecular formula is C11H15N5O2S. The van der Waals surface area contributed by atoms with E-state index in [4.69, 9.17) is 5.84 Å². The van der Waals surface area contributed by atoms with E-state index in [2.05, 4.69) is 20.1 Å². The van der Waals surface area contributed by atoms with Crippen LogP contribution in [-0.4, -0.2) is 24.9 Å². The van der Waals surface area contributed by atoms with Crippen LogP contribution in [0.2, 0.25) is 0 Å². The van der Waals surface area contributed by atoms with Gasteiger partial charge in [-0.3, -0.25) is 5.84 Å². The number of H-pyrrole nitrogens is 1. The van der Waals surface area contributed by atoms with Crippen LogP contribution in [0.5, 0.6) is 0 Å². The summed E-state index contributed by atoms with van der Waals surface area (Å²) in [6, 6.07) is 6.19. The van der Waals surface area contributed by atoms with E-state index in [0.717, 1.165) is 5.69 Å². The number of sulfonamides is 1. The highest BCUT2D eigenvalue weighted by atomic mass is 32.2. The number of imidazole rings is 1. The van der Waals surface area contributed by atoms with Gasteiger partial charge in [0.15, 0.2) is 0 Å². The van der Waals surface area contributed by atoms with Crippen LogP contribution >= 0.6 is 0 Å². The number of nitrogens with zero attached hydrogens (tertiary/aromatic N) is 1. The highest BCUT2D eigenvalue weighted by Gasteiger charge is 2.12. The molecule has 0 unspecified atom stereocenters. The van der Waals surface area contributed by atoms with Gasteiger partial charge >= 0.3 is 0 Å². The van der Waals surface area contributed by atoms with Crippen LogP contribution in [0.25, 0.3) is 0 Å². The Labute approximate surface area is 111 Å². The van der Waals surface area contributed by atoms with Crippen molar-refractivity contribution in [3.8, 4) is 0 Å². The predicted octanol–water partition coefficient (Wildman–Crippen LogP) is 0.216. The van der Waals surface area contributed by atoms with Gasteiger partial charge in [-0.2, -0.15) is 0 Å². The number of hydrogen-bond donors (Lipinski definition) is 4. The lowest BCUT2D eigenvalue weighted by Crippen LogP contribution is -2.26. The fraction of sp³-hybridized carbons (Fsp3) is 0.182. The lowest BCUT2D eigenvalue weighted by Gasteiger charge is -2.07. The van der Waals surface area contributed by atoms with E-state index >= 15 is 0 Å². The average molecular weight is 281 g/mol. The van der Waals surface area contributed by atoms with Gasteiger partial charge in [0.1, 0.15) is 0 Å². The minimum atomic E-state index is -3.49. The molecule has 2 aromatic rings. The lowest BCUT2D eigenvalue weighted by molar-refractivity contribution is 0.581. The van der Waals surface area contributed by atoms with Crippen molar-refractivity contribution in [3.63, 3.8) is 0 Å². The normalized spacial score (nSPS) is 11.4. The minimum absolute atomic E-state index is 0.205. The van der Waals surface area contributed by atoms with Crippen LogP contribution in [0.3, 0.4) is 0 Å². The zero-order chi connectivity index (χ0) is 13.7. The molecule has 0 bridgehead atoms. The van der Waals surface area contributed by atoms with Gasteiger partial charge in [-0.25, -0.2) is 18.1 Å². The summed E-state index contributed by atoms with van der Waals surface area (Å²) < 4.78 is 26.5. The SMILES string of the molecule is NNc1ccc(S(=O)(=O)NCCc2cnc[nH]2)cc1. The van der Waals surface area contributed by atoms with Crippen LogP contribution in [0.15, 0.2) is 41.7 Å². The largest absolute Gasteiger partial charge is 0.348 e. The van der Waals surface area contributed by atoms with Crippen LogP contribution in [0.1, 0.15) is 5.69 Å². The summed E-state index contributed by atoms with van der Waals surface area (Å²) >= 11 is 0. The summed E-state index contributed by atoms with van der Waals surface area (Å²) in [7, 11) is -3.49. The second kappa shape index (κ2) is 5.83. The molecule has 1 aromatic carbocycles. The number of hydrazine groups is 1. The lowest BCUT2D eigenvalue weighted by atomic mass is 10.3. The molecule has 7 nitrogen and oxygen atoms in total. The van der Waals surface area contributed by atoms with Gasteiger partial charge in [-0.1, -0.05) is 0 Å². The van der Waals surface area contributed by atoms with Crippen LogP contribution < -0.4 is 16.0 Å². The molecule has 0 aliphatic heterocycles. The number of aromatic nitrogens is 2. The highest BCUT2D eigenvalue weighted by Crippen LogP contribution is 2.12. The molecule has 19 heavy (non-hydrogen) atoms. The van der Waals surface area contributed by atoms with E-state index in [0.29, 0.717) is 18.7 Å². The van der Waals surface area contributed by atoms with Crippen molar-refractivity contribution in [2.75, 3.05) is 12.0 Å². The van der Waals surface area contributed by atoms with Crippen LogP contribution in [0.4, 0.5) is 5.69 Å². The standard InChI is InChI=1S/C11H15N5O2S/c12-16-9-1-3-11(4-2-9)19(17,18)15-6-5-10-7-13-8-14-10/h1-4,7-8,15-16H,5-6,12H2,(H,13,14). The fourth-order valence-electron chi connectivity index (χ4n) is 1.56. The Bertz CT molecular complexity index is 607. The molecule has 0 spiro atoms. The van der Waals surface area contributed by atoms with Crippen molar-refractivity contribution in [2.24, 2.45) is 5.84 Å². The molecule has 0 fully saturated rings. The van der Waals surface area contributed by atoms with Gasteiger partial charge in [0.2, 0.25) is 10.0 Å². The number of hydrogen-bond acceptors (Lipinski definition) is 5. The molecule has 0 amide bonds. The first-order valence-electron chi connectivity index (χ1n) is 5.65. The Morgan fingerprint density at radius 1 is 1.26 bits per heavy atom. The molecule has 0 radical (unpaired) electrons. The smallest absolute Gasteiger partial charge is 0.240 e. The molecule has 0 saturated heterocycles. The number of aromatic amines is 1. The average Bonchev–Trinajstić information content (AvgIpc) is 2.92. The zero-order valence-electron chi connectivity index (χ0n) is 10.1. The van der Waals surface area contributed by atoms with Crippen LogP contribution in [0, 0.1) is 0 Å². The van der Waals surface area contributed by atoms with E-state index in [1.807, 2.05) is 0 Å². The Hall–Kier alpha value is -1.90. The van der Waals surface area contributed by atoms with Gasteiger partial charge in [0, 0.05) is 30.5 Å². The van der Waals surface area contributed by atoms with Gasteiger partial charge in [0.05, 0.1) is 11.2 Å². The quantitative estimate of drug-likeness (QED) is 0.447. The number of anilines is 1. The Balaban J connectivity index is 1.97. The second-order valence-corrected chi connectivity index (χ2v) is 5.66. The summed E-state index contributed by atoms with van der Waals surface area (Å²) in [5, 5.41) is 0. The molecule has 102 valence electrons. The Morgan fingerprint density at radius 3 is 2.58 bits per heavy atom. The molecule has 5 N–H and O–H groups in total. The van der Waals surface area contributed by atoms with Crippen LogP contribution in [-0.2, 0) is 16.4 Å². The van der Waals surface area contributed by atoms with Gasteiger partial charge < -0.3 is 10.4 Å². The van der Waals surface area contributed by atoms with E-state index in [9.17, 15) is 8.42 Å². The third-order valence-electron chi connectivity index (χ3n) is 2.57. The van der Waals surface area contributed by atoms with E-state index in [1.165, 1.54) is 12.1 Å². The molecule has 0 atom stereocenters. The van der Waals surface area contributed by atoms with E-state index in [-0.39, 0.29) is 4.90 Å². The number of rotatable bonds is 6. The second-order valence-electron chi connectivity index (χ2n) is 3.89. The zero-order valence-corrected chi connectivity index (χ0v) is 10.9. The number of benzene rings is 1. The maximum absolute atomic E-state index is 12.0. The third-order valence-corrected chi connectivity index (χ3v) is 4.05. The highest BCUT2D eigenvalue weighted by molar-refractivity contribution is 7.89. The van der Waals surface area contributed by atoms with Crippen molar-refractivity contribution in [2.45, 2.75) is 11.3 Å². The fourth-order valence-corrected chi connectivity index (χ4v) is 2.59. The summed E-state index contributed by atoms with van der Waals surface area (Å²) in [5.41, 5.74) is 3.97. The maximum atomic E-state index is 12.0. The Kier molecular flexibility index (Phi) is 4.15. The van der Waals surface area contributed by atoms with Crippen molar-refractivity contribution in [3.05, 3.63) is 42.5 Å². The Morgan fingerprint density at radius 2 is 2.00 bits per heavy atom. The first kappa shape index (κ1) is 13.5. The maximum Gasteiger partial charge on any atom is 0.240 e. The monoisotopic (exact) mass is 281 g/mol. The number of nitrogen functional groups attached to an aromatic ring is 1. The molecule has 0 aliphatic rings. The van der Waals surface area contributed by atoms with Gasteiger partial charge in [-0.15, -0.1) is 0 Å². The van der Waals surface area contributed by atoms with E-state index < -0.39 is 10.0 Å². The molecular weight excluding hydrogens is 266 g/mol. The van der Waals surface area contributed by atoms with Gasteiger partial charge in [-0.05, 0) is 24.3 Å². The first-order valence-corrected chi connectivity index (χ1v) is 7.14. The number of nitrogens with one attached hydrogen (secondary N) is 3.